The van der Waals surface area contributed by atoms with Crippen LogP contribution in [0.2, 0.25) is 0 Å². The highest BCUT2D eigenvalue weighted by Gasteiger charge is 2.64. The third-order valence-electron chi connectivity index (χ3n) is 2.11. The van der Waals surface area contributed by atoms with Gasteiger partial charge in [0.1, 0.15) is 0 Å². The lowest BCUT2D eigenvalue weighted by Gasteiger charge is -2.22. The Bertz CT molecular complexity index is 456. The molecule has 3 nitrogen and oxygen atoms in total. The molecule has 0 amide bonds. The summed E-state index contributed by atoms with van der Waals surface area (Å²) >= 11 is 0. The Kier molecular flexibility index (Phi) is 3.54. The normalized spacial score (nSPS) is 14.3. The van der Waals surface area contributed by atoms with E-state index < -0.39 is 35.7 Å². The summed E-state index contributed by atoms with van der Waals surface area (Å²) in [5.41, 5.74) is -4.65. The van der Waals surface area contributed by atoms with E-state index in [0.29, 0.717) is 0 Å². The van der Waals surface area contributed by atoms with Crippen LogP contribution < -0.4 is 0 Å². The average molecular weight is 297 g/mol. The van der Waals surface area contributed by atoms with Crippen molar-refractivity contribution in [1.82, 2.24) is 15.0 Å². The number of hydrogen-bond donors (Lipinski definition) is 0. The van der Waals surface area contributed by atoms with E-state index >= 15 is 0 Å². The summed E-state index contributed by atoms with van der Waals surface area (Å²) < 4.78 is 100. The number of halogens is 8. The van der Waals surface area contributed by atoms with Crippen LogP contribution in [-0.4, -0.2) is 21.2 Å². The largest absolute Gasteiger partial charge is 0.459 e. The van der Waals surface area contributed by atoms with E-state index in [1.165, 1.54) is 0 Å². The van der Waals surface area contributed by atoms with Crippen LogP contribution in [0.5, 0.6) is 0 Å². The van der Waals surface area contributed by atoms with E-state index in [1.54, 1.807) is 0 Å². The minimum absolute atomic E-state index is 0.0870. The predicted octanol–water partition coefficient (Wildman–Crippen LogP) is 3.53. The number of aromatic nitrogens is 3. The lowest BCUT2D eigenvalue weighted by atomic mass is 10.1. The molecule has 110 valence electrons. The first-order chi connectivity index (χ1) is 8.30. The lowest BCUT2D eigenvalue weighted by Crippen LogP contribution is -2.38. The van der Waals surface area contributed by atoms with Crippen LogP contribution >= 0.6 is 0 Å². The van der Waals surface area contributed by atoms with Gasteiger partial charge >= 0.3 is 18.3 Å². The van der Waals surface area contributed by atoms with Gasteiger partial charge in [0.05, 0.1) is 0 Å². The van der Waals surface area contributed by atoms with Crippen LogP contribution in [0.15, 0.2) is 0 Å². The number of nitrogens with zero attached hydrogens (tertiary/aromatic N) is 3. The van der Waals surface area contributed by atoms with Crippen LogP contribution in [0.4, 0.5) is 35.1 Å². The average Bonchev–Trinajstić information content (AvgIpc) is 2.58. The molecule has 0 aliphatic heterocycles. The van der Waals surface area contributed by atoms with E-state index in [-0.39, 0.29) is 4.68 Å². The van der Waals surface area contributed by atoms with Crippen molar-refractivity contribution in [3.05, 3.63) is 11.4 Å². The molecule has 0 N–H and O–H groups in total. The molecule has 0 aliphatic carbocycles. The highest BCUT2D eigenvalue weighted by molar-refractivity contribution is 5.21. The van der Waals surface area contributed by atoms with E-state index in [1.807, 2.05) is 0 Å². The van der Waals surface area contributed by atoms with Gasteiger partial charge in [-0.1, -0.05) is 5.21 Å². The molecular weight excluding hydrogens is 290 g/mol. The summed E-state index contributed by atoms with van der Waals surface area (Å²) in [6.07, 6.45) is -11.6. The Balaban J connectivity index is 3.60. The Labute approximate surface area is 101 Å². The molecule has 19 heavy (non-hydrogen) atoms. The number of rotatable bonds is 2. The maximum absolute atomic E-state index is 13.2. The zero-order valence-electron chi connectivity index (χ0n) is 9.44. The number of alkyl halides is 8. The van der Waals surface area contributed by atoms with E-state index in [2.05, 4.69) is 10.3 Å². The molecule has 1 rings (SSSR count). The van der Waals surface area contributed by atoms with Crippen molar-refractivity contribution in [1.29, 1.82) is 0 Å². The third kappa shape index (κ3) is 2.63. The van der Waals surface area contributed by atoms with Gasteiger partial charge in [-0.25, -0.2) is 4.68 Å². The Morgan fingerprint density at radius 1 is 0.947 bits per heavy atom. The van der Waals surface area contributed by atoms with Crippen LogP contribution in [0, 0.1) is 0 Å². The molecule has 0 bridgehead atoms. The first-order valence-electron chi connectivity index (χ1n) is 4.77. The Morgan fingerprint density at radius 2 is 1.42 bits per heavy atom. The molecule has 0 unspecified atom stereocenters. The molecule has 0 saturated heterocycles. The minimum Gasteiger partial charge on any atom is -0.240 e. The van der Waals surface area contributed by atoms with Crippen LogP contribution in [0.1, 0.15) is 31.3 Å². The van der Waals surface area contributed by atoms with Crippen molar-refractivity contribution in [2.45, 2.75) is 38.2 Å². The van der Waals surface area contributed by atoms with E-state index in [4.69, 9.17) is 0 Å². The van der Waals surface area contributed by atoms with Crippen molar-refractivity contribution in [2.75, 3.05) is 0 Å². The van der Waals surface area contributed by atoms with Crippen LogP contribution in [0.25, 0.3) is 0 Å². The summed E-state index contributed by atoms with van der Waals surface area (Å²) in [5.74, 6) is -5.70. The van der Waals surface area contributed by atoms with E-state index in [9.17, 15) is 35.1 Å². The van der Waals surface area contributed by atoms with Gasteiger partial charge in [0.2, 0.25) is 0 Å². The Morgan fingerprint density at radius 3 is 1.74 bits per heavy atom. The minimum atomic E-state index is -6.18. The summed E-state index contributed by atoms with van der Waals surface area (Å²) in [5, 5.41) is 5.12. The van der Waals surface area contributed by atoms with Gasteiger partial charge in [-0.2, -0.15) is 35.1 Å². The molecule has 1 aromatic heterocycles. The molecule has 1 heterocycles. The smallest absolute Gasteiger partial charge is 0.240 e. The second-order valence-electron chi connectivity index (χ2n) is 3.89. The fraction of sp³-hybridized carbons (Fsp3) is 0.750. The molecule has 0 fully saturated rings. The second kappa shape index (κ2) is 4.30. The highest BCUT2D eigenvalue weighted by Crippen LogP contribution is 2.47. The molecule has 1 aromatic rings. The van der Waals surface area contributed by atoms with Crippen molar-refractivity contribution in [3.8, 4) is 0 Å². The molecule has 0 aliphatic rings. The van der Waals surface area contributed by atoms with Gasteiger partial charge in [-0.3, -0.25) is 0 Å². The lowest BCUT2D eigenvalue weighted by molar-refractivity contribution is -0.294. The molecule has 0 atom stereocenters. The summed E-state index contributed by atoms with van der Waals surface area (Å²) in [6.45, 7) is 2.20. The maximum atomic E-state index is 13.2. The topological polar surface area (TPSA) is 30.7 Å². The quantitative estimate of drug-likeness (QED) is 0.782. The zero-order valence-corrected chi connectivity index (χ0v) is 9.44. The summed E-state index contributed by atoms with van der Waals surface area (Å²) in [7, 11) is 0. The van der Waals surface area contributed by atoms with Crippen molar-refractivity contribution < 1.29 is 35.1 Å². The molecule has 0 aromatic carbocycles. The van der Waals surface area contributed by atoms with Gasteiger partial charge in [0.25, 0.3) is 0 Å². The highest BCUT2D eigenvalue weighted by atomic mass is 19.4. The van der Waals surface area contributed by atoms with E-state index in [0.717, 1.165) is 13.8 Å². The zero-order chi connectivity index (χ0) is 15.2. The molecular formula is C8H7F8N3. The summed E-state index contributed by atoms with van der Waals surface area (Å²) in [6, 6.07) is -1.15. The van der Waals surface area contributed by atoms with Gasteiger partial charge < -0.3 is 0 Å². The van der Waals surface area contributed by atoms with Gasteiger partial charge in [-0.15, -0.1) is 5.10 Å². The molecule has 0 radical (unpaired) electrons. The van der Waals surface area contributed by atoms with Crippen LogP contribution in [-0.2, 0) is 12.1 Å². The first-order valence-corrected chi connectivity index (χ1v) is 4.77. The van der Waals surface area contributed by atoms with Crippen molar-refractivity contribution >= 4 is 0 Å². The predicted molar refractivity (Wildman–Crippen MR) is 45.4 cm³/mol. The van der Waals surface area contributed by atoms with Crippen molar-refractivity contribution in [3.63, 3.8) is 0 Å². The molecule has 0 saturated carbocycles. The fourth-order valence-corrected chi connectivity index (χ4v) is 1.27. The van der Waals surface area contributed by atoms with Gasteiger partial charge in [0, 0.05) is 6.04 Å². The molecule has 11 heteroatoms. The van der Waals surface area contributed by atoms with Crippen molar-refractivity contribution in [2.24, 2.45) is 0 Å². The second-order valence-corrected chi connectivity index (χ2v) is 3.89. The summed E-state index contributed by atoms with van der Waals surface area (Å²) in [4.78, 5) is 0. The monoisotopic (exact) mass is 297 g/mol. The molecule has 0 spiro atoms. The van der Waals surface area contributed by atoms with Gasteiger partial charge in [-0.05, 0) is 13.8 Å². The number of hydrogen-bond acceptors (Lipinski definition) is 2. The van der Waals surface area contributed by atoms with Gasteiger partial charge in [0.15, 0.2) is 11.4 Å². The first kappa shape index (κ1) is 15.6. The maximum Gasteiger partial charge on any atom is 0.459 e. The SMILES string of the molecule is CC(C)n1nnc(C(F)(F)F)c1C(F)(F)C(F)(F)F. The standard InChI is InChI=1S/C8H7F8N3/c1-3(2)19-5(6(9,10)8(14,15)16)4(17-18-19)7(11,12)13/h3H,1-2H3. The fourth-order valence-electron chi connectivity index (χ4n) is 1.27. The third-order valence-corrected chi connectivity index (χ3v) is 2.11. The Hall–Kier alpha value is -1.42. The van der Waals surface area contributed by atoms with Crippen LogP contribution in [0.3, 0.4) is 0 Å².